The van der Waals surface area contributed by atoms with Crippen molar-refractivity contribution in [3.05, 3.63) is 0 Å². The van der Waals surface area contributed by atoms with E-state index < -0.39 is 17.1 Å². The molecule has 2 saturated heterocycles. The van der Waals surface area contributed by atoms with Gasteiger partial charge in [-0.25, -0.2) is 9.69 Å². The van der Waals surface area contributed by atoms with Gasteiger partial charge in [0.1, 0.15) is 11.4 Å². The molecule has 0 bridgehead atoms. The molecule has 0 aliphatic carbocycles. The Morgan fingerprint density at radius 1 is 1.33 bits per heavy atom. The number of ether oxygens (including phenoxy) is 1. The van der Waals surface area contributed by atoms with Crippen LogP contribution in [0.3, 0.4) is 0 Å². The molecular weight excluding hydrogens is 290 g/mol. The van der Waals surface area contributed by atoms with Gasteiger partial charge >= 0.3 is 6.09 Å². The second kappa shape index (κ2) is 6.38. The van der Waals surface area contributed by atoms with Crippen LogP contribution >= 0.6 is 11.8 Å². The summed E-state index contributed by atoms with van der Waals surface area (Å²) in [5.74, 6) is 1.26. The van der Waals surface area contributed by atoms with E-state index in [1.165, 1.54) is 4.90 Å². The first kappa shape index (κ1) is 18.0. The van der Waals surface area contributed by atoms with Crippen molar-refractivity contribution in [2.45, 2.75) is 58.8 Å². The van der Waals surface area contributed by atoms with Crippen molar-refractivity contribution >= 4 is 29.5 Å². The predicted molar refractivity (Wildman–Crippen MR) is 83.3 cm³/mol. The smallest absolute Gasteiger partial charge is 0.417 e. The van der Waals surface area contributed by atoms with Gasteiger partial charge in [0.15, 0.2) is 0 Å². The number of imide groups is 1. The zero-order chi connectivity index (χ0) is 16.4. The average molecular weight is 315 g/mol. The van der Waals surface area contributed by atoms with E-state index in [2.05, 4.69) is 0 Å². The van der Waals surface area contributed by atoms with Gasteiger partial charge in [0, 0.05) is 17.7 Å². The highest BCUT2D eigenvalue weighted by Crippen LogP contribution is 2.31. The van der Waals surface area contributed by atoms with Gasteiger partial charge in [-0.2, -0.15) is 0 Å². The highest BCUT2D eigenvalue weighted by Gasteiger charge is 2.43. The lowest BCUT2D eigenvalue weighted by Gasteiger charge is -2.24. The second-order valence-corrected chi connectivity index (χ2v) is 8.24. The minimum Gasteiger partial charge on any atom is -0.443 e. The number of likely N-dealkylation sites (tertiary alicyclic amines) is 1. The van der Waals surface area contributed by atoms with Crippen molar-refractivity contribution in [2.24, 2.45) is 5.41 Å². The minimum atomic E-state index is -0.551. The van der Waals surface area contributed by atoms with Gasteiger partial charge in [-0.15, -0.1) is 11.8 Å². The fourth-order valence-electron chi connectivity index (χ4n) is 1.74. The second-order valence-electron chi connectivity index (χ2n) is 7.00. The van der Waals surface area contributed by atoms with Crippen molar-refractivity contribution in [2.75, 3.05) is 12.3 Å². The van der Waals surface area contributed by atoms with E-state index in [-0.39, 0.29) is 5.91 Å². The number of amides is 2. The largest absolute Gasteiger partial charge is 0.443 e. The van der Waals surface area contributed by atoms with Crippen LogP contribution in [0.15, 0.2) is 0 Å². The summed E-state index contributed by atoms with van der Waals surface area (Å²) in [7, 11) is 0. The molecule has 0 aromatic heterocycles. The van der Waals surface area contributed by atoms with Crippen LogP contribution in [0.4, 0.5) is 4.79 Å². The molecule has 0 aromatic rings. The quantitative estimate of drug-likeness (QED) is 0.696. The molecule has 5 nitrogen and oxygen atoms in total. The first-order valence-electron chi connectivity index (χ1n) is 7.11. The number of rotatable bonds is 1. The molecule has 6 heteroatoms. The third-order valence-corrected chi connectivity index (χ3v) is 4.18. The normalized spacial score (nSPS) is 23.2. The van der Waals surface area contributed by atoms with Gasteiger partial charge in [-0.3, -0.25) is 9.59 Å². The third kappa shape index (κ3) is 5.69. The Morgan fingerprint density at radius 3 is 2.10 bits per heavy atom. The Bertz CT molecular complexity index is 435. The molecule has 120 valence electrons. The van der Waals surface area contributed by atoms with Gasteiger partial charge in [-0.05, 0) is 34.1 Å². The summed E-state index contributed by atoms with van der Waals surface area (Å²) < 4.78 is 5.15. The predicted octanol–water partition coefficient (Wildman–Crippen LogP) is 2.87. The van der Waals surface area contributed by atoms with Crippen LogP contribution in [0.2, 0.25) is 0 Å². The van der Waals surface area contributed by atoms with Crippen molar-refractivity contribution < 1.29 is 19.1 Å². The molecular formula is C15H25NO4S. The summed E-state index contributed by atoms with van der Waals surface area (Å²) in [6.45, 7) is 11.2. The van der Waals surface area contributed by atoms with E-state index in [9.17, 15) is 14.4 Å². The van der Waals surface area contributed by atoms with E-state index in [0.29, 0.717) is 24.0 Å². The highest BCUT2D eigenvalue weighted by molar-refractivity contribution is 8.07. The molecule has 21 heavy (non-hydrogen) atoms. The van der Waals surface area contributed by atoms with E-state index >= 15 is 0 Å². The molecule has 2 heterocycles. The zero-order valence-electron chi connectivity index (χ0n) is 13.7. The maximum Gasteiger partial charge on any atom is 0.417 e. The number of thioether (sulfide) groups is 1. The highest BCUT2D eigenvalue weighted by atomic mass is 32.2. The van der Waals surface area contributed by atoms with Gasteiger partial charge in [0.25, 0.3) is 0 Å². The number of ketones is 1. The van der Waals surface area contributed by atoms with E-state index in [0.717, 1.165) is 5.75 Å². The van der Waals surface area contributed by atoms with E-state index in [1.54, 1.807) is 39.5 Å². The SMILES string of the molecule is CC(=O)C1CS1.CC(C)(C)OC(=O)N1CCC(C)(C)C1=O. The Labute approximate surface area is 130 Å². The summed E-state index contributed by atoms with van der Waals surface area (Å²) in [5.41, 5.74) is -0.985. The fourth-order valence-corrected chi connectivity index (χ4v) is 2.30. The number of hydrogen-bond acceptors (Lipinski definition) is 5. The summed E-state index contributed by atoms with van der Waals surface area (Å²) in [5, 5.41) is 0.380. The molecule has 0 aromatic carbocycles. The molecule has 2 fully saturated rings. The molecule has 2 amide bonds. The summed E-state index contributed by atoms with van der Waals surface area (Å²) in [6.07, 6.45) is 0.170. The Balaban J connectivity index is 0.000000304. The van der Waals surface area contributed by atoms with Crippen LogP contribution in [0.25, 0.3) is 0 Å². The van der Waals surface area contributed by atoms with Crippen molar-refractivity contribution in [3.63, 3.8) is 0 Å². The van der Waals surface area contributed by atoms with Crippen LogP contribution in [-0.2, 0) is 14.3 Å². The molecule has 0 radical (unpaired) electrons. The Kier molecular flexibility index (Phi) is 5.47. The summed E-state index contributed by atoms with van der Waals surface area (Å²) in [4.78, 5) is 34.8. The molecule has 2 aliphatic rings. The maximum atomic E-state index is 11.8. The van der Waals surface area contributed by atoms with Crippen LogP contribution < -0.4 is 0 Å². The first-order valence-corrected chi connectivity index (χ1v) is 8.16. The zero-order valence-corrected chi connectivity index (χ0v) is 14.5. The van der Waals surface area contributed by atoms with Crippen molar-refractivity contribution in [1.82, 2.24) is 4.90 Å². The van der Waals surface area contributed by atoms with Gasteiger partial charge < -0.3 is 4.74 Å². The topological polar surface area (TPSA) is 63.7 Å². The number of carbonyl (C=O) groups excluding carboxylic acids is 3. The lowest BCUT2D eigenvalue weighted by molar-refractivity contribution is -0.133. The van der Waals surface area contributed by atoms with Crippen LogP contribution in [0.1, 0.15) is 48.0 Å². The number of carbonyl (C=O) groups is 3. The van der Waals surface area contributed by atoms with Crippen molar-refractivity contribution in [3.8, 4) is 0 Å². The van der Waals surface area contributed by atoms with Gasteiger partial charge in [0.05, 0.1) is 5.25 Å². The summed E-state index contributed by atoms with van der Waals surface area (Å²) in [6, 6.07) is 0. The molecule has 1 atom stereocenters. The number of hydrogen-bond donors (Lipinski definition) is 0. The van der Waals surface area contributed by atoms with Gasteiger partial charge in [-0.1, -0.05) is 13.8 Å². The number of nitrogens with zero attached hydrogens (tertiary/aromatic N) is 1. The van der Waals surface area contributed by atoms with Crippen LogP contribution in [0.5, 0.6) is 0 Å². The molecule has 0 N–H and O–H groups in total. The average Bonchev–Trinajstić information content (AvgIpc) is 3.07. The minimum absolute atomic E-state index is 0.142. The first-order chi connectivity index (χ1) is 9.44. The molecule has 2 aliphatic heterocycles. The third-order valence-electron chi connectivity index (χ3n) is 3.19. The fraction of sp³-hybridized carbons (Fsp3) is 0.800. The van der Waals surface area contributed by atoms with Crippen molar-refractivity contribution in [1.29, 1.82) is 0 Å². The summed E-state index contributed by atoms with van der Waals surface area (Å²) >= 11 is 1.73. The number of Topliss-reactive ketones (excluding diaryl/α,β-unsaturated/α-hetero) is 1. The Hall–Kier alpha value is -1.04. The monoisotopic (exact) mass is 315 g/mol. The van der Waals surface area contributed by atoms with E-state index in [1.807, 2.05) is 13.8 Å². The molecule has 0 saturated carbocycles. The molecule has 0 spiro atoms. The maximum absolute atomic E-state index is 11.8. The lowest BCUT2D eigenvalue weighted by Crippen LogP contribution is -2.40. The molecule has 1 unspecified atom stereocenters. The van der Waals surface area contributed by atoms with E-state index in [4.69, 9.17) is 4.74 Å². The Morgan fingerprint density at radius 2 is 1.86 bits per heavy atom. The molecule has 2 rings (SSSR count). The van der Waals surface area contributed by atoms with Gasteiger partial charge in [0.2, 0.25) is 5.91 Å². The lowest BCUT2D eigenvalue weighted by atomic mass is 9.92. The van der Waals surface area contributed by atoms with Crippen LogP contribution in [0, 0.1) is 5.41 Å². The standard InChI is InChI=1S/C11H19NO3.C4H6OS/c1-10(2,3)15-9(14)12-7-6-11(4,5)8(12)13;1-3(5)4-2-6-4/h6-7H2,1-5H3;4H,2H2,1H3. The van der Waals surface area contributed by atoms with Crippen LogP contribution in [-0.4, -0.2) is 45.8 Å².